The molecule has 2 aromatic carbocycles. The van der Waals surface area contributed by atoms with Crippen molar-refractivity contribution < 1.29 is 13.9 Å². The van der Waals surface area contributed by atoms with E-state index >= 15 is 0 Å². The molecule has 0 fully saturated rings. The number of nitrogens with zero attached hydrogens (tertiary/aromatic N) is 2. The highest BCUT2D eigenvalue weighted by Crippen LogP contribution is 2.36. The van der Waals surface area contributed by atoms with Gasteiger partial charge in [-0.2, -0.15) is 5.26 Å². The van der Waals surface area contributed by atoms with Crippen LogP contribution in [-0.4, -0.2) is 28.3 Å². The highest BCUT2D eigenvalue weighted by atomic mass is 16.5. The molecule has 3 rings (SSSR count). The minimum atomic E-state index is -0.673. The number of rotatable bonds is 4. The lowest BCUT2D eigenvalue weighted by Gasteiger charge is -2.15. The van der Waals surface area contributed by atoms with Crippen LogP contribution in [-0.2, 0) is 0 Å². The summed E-state index contributed by atoms with van der Waals surface area (Å²) < 4.78 is 16.0. The Morgan fingerprint density at radius 1 is 1.04 bits per heavy atom. The molecule has 3 aromatic rings. The van der Waals surface area contributed by atoms with Gasteiger partial charge in [0.1, 0.15) is 28.7 Å². The van der Waals surface area contributed by atoms with Crippen molar-refractivity contribution in [2.75, 3.05) is 33.2 Å². The third-order valence-corrected chi connectivity index (χ3v) is 4.16. The minimum Gasteiger partial charge on any atom is -0.497 e. The lowest BCUT2D eigenvalue weighted by atomic mass is 9.97. The number of anilines is 1. The van der Waals surface area contributed by atoms with Crippen molar-refractivity contribution in [2.45, 2.75) is 0 Å². The van der Waals surface area contributed by atoms with Gasteiger partial charge in [-0.3, -0.25) is 0 Å². The second kappa shape index (κ2) is 6.81. The van der Waals surface area contributed by atoms with E-state index in [9.17, 15) is 10.1 Å². The Morgan fingerprint density at radius 3 is 2.23 bits per heavy atom. The molecular weight excluding hydrogens is 332 g/mol. The van der Waals surface area contributed by atoms with E-state index in [-0.39, 0.29) is 5.56 Å². The van der Waals surface area contributed by atoms with E-state index in [2.05, 4.69) is 0 Å². The average molecular weight is 350 g/mol. The predicted octanol–water partition coefficient (Wildman–Crippen LogP) is 3.41. The molecule has 26 heavy (non-hydrogen) atoms. The van der Waals surface area contributed by atoms with Crippen LogP contribution < -0.4 is 20.0 Å². The fourth-order valence-corrected chi connectivity index (χ4v) is 2.82. The summed E-state index contributed by atoms with van der Waals surface area (Å²) in [6, 6.07) is 12.7. The van der Waals surface area contributed by atoms with E-state index in [0.717, 1.165) is 5.69 Å². The first-order valence-electron chi connectivity index (χ1n) is 7.90. The largest absolute Gasteiger partial charge is 0.497 e. The van der Waals surface area contributed by atoms with E-state index in [1.165, 1.54) is 0 Å². The van der Waals surface area contributed by atoms with Gasteiger partial charge in [-0.25, -0.2) is 4.79 Å². The quantitative estimate of drug-likeness (QED) is 0.671. The molecule has 0 saturated carbocycles. The zero-order chi connectivity index (χ0) is 18.8. The molecule has 6 nitrogen and oxygen atoms in total. The van der Waals surface area contributed by atoms with Crippen molar-refractivity contribution in [3.63, 3.8) is 0 Å². The van der Waals surface area contributed by atoms with Crippen LogP contribution >= 0.6 is 0 Å². The van der Waals surface area contributed by atoms with Gasteiger partial charge >= 0.3 is 5.63 Å². The molecule has 0 bridgehead atoms. The monoisotopic (exact) mass is 350 g/mol. The summed E-state index contributed by atoms with van der Waals surface area (Å²) >= 11 is 0. The molecule has 0 spiro atoms. The topological polar surface area (TPSA) is 75.7 Å². The summed E-state index contributed by atoms with van der Waals surface area (Å²) in [6.45, 7) is 0. The second-order valence-corrected chi connectivity index (χ2v) is 5.93. The summed E-state index contributed by atoms with van der Waals surface area (Å²) in [4.78, 5) is 14.3. The van der Waals surface area contributed by atoms with Crippen LogP contribution in [0.25, 0.3) is 22.1 Å². The highest BCUT2D eigenvalue weighted by molar-refractivity contribution is 5.97. The SMILES string of the molecule is COc1cc(OC)cc(-c2c(C#N)c(=O)oc3cc(N(C)C)ccc23)c1. The van der Waals surface area contributed by atoms with E-state index in [0.29, 0.717) is 33.6 Å². The third-order valence-electron chi connectivity index (χ3n) is 4.16. The Balaban J connectivity index is 2.41. The van der Waals surface area contributed by atoms with E-state index in [1.807, 2.05) is 37.2 Å². The molecule has 0 radical (unpaired) electrons. The van der Waals surface area contributed by atoms with Crippen LogP contribution in [0.3, 0.4) is 0 Å². The van der Waals surface area contributed by atoms with Crippen molar-refractivity contribution >= 4 is 16.7 Å². The Labute approximate surface area is 150 Å². The van der Waals surface area contributed by atoms with Crippen LogP contribution in [0.15, 0.2) is 45.6 Å². The van der Waals surface area contributed by atoms with Gasteiger partial charge < -0.3 is 18.8 Å². The molecule has 0 aliphatic heterocycles. The first-order valence-corrected chi connectivity index (χ1v) is 7.90. The summed E-state index contributed by atoms with van der Waals surface area (Å²) in [5, 5.41) is 10.2. The van der Waals surface area contributed by atoms with Gasteiger partial charge in [0.15, 0.2) is 0 Å². The van der Waals surface area contributed by atoms with Crippen LogP contribution in [0, 0.1) is 11.3 Å². The molecule has 0 N–H and O–H groups in total. The van der Waals surface area contributed by atoms with E-state index in [4.69, 9.17) is 13.9 Å². The Kier molecular flexibility index (Phi) is 4.55. The van der Waals surface area contributed by atoms with Crippen molar-refractivity contribution in [1.82, 2.24) is 0 Å². The van der Waals surface area contributed by atoms with Gasteiger partial charge in [0.2, 0.25) is 0 Å². The fraction of sp³-hybridized carbons (Fsp3) is 0.200. The molecule has 0 unspecified atom stereocenters. The van der Waals surface area contributed by atoms with Gasteiger partial charge in [0.05, 0.1) is 14.2 Å². The first-order chi connectivity index (χ1) is 12.5. The summed E-state index contributed by atoms with van der Waals surface area (Å²) in [6.07, 6.45) is 0. The molecule has 1 heterocycles. The summed E-state index contributed by atoms with van der Waals surface area (Å²) in [5.41, 5.74) is 1.73. The molecule has 0 saturated heterocycles. The smallest absolute Gasteiger partial charge is 0.354 e. The molecule has 0 aliphatic rings. The number of benzene rings is 2. The number of fused-ring (bicyclic) bond motifs is 1. The van der Waals surface area contributed by atoms with E-state index < -0.39 is 5.63 Å². The number of nitriles is 1. The van der Waals surface area contributed by atoms with Crippen LogP contribution in [0.2, 0.25) is 0 Å². The number of hydrogen-bond donors (Lipinski definition) is 0. The van der Waals surface area contributed by atoms with Crippen molar-refractivity contribution in [3.05, 3.63) is 52.4 Å². The summed E-state index contributed by atoms with van der Waals surface area (Å²) in [5.74, 6) is 1.13. The van der Waals surface area contributed by atoms with Gasteiger partial charge in [-0.1, -0.05) is 0 Å². The highest BCUT2D eigenvalue weighted by Gasteiger charge is 2.18. The normalized spacial score (nSPS) is 10.4. The molecule has 132 valence electrons. The summed E-state index contributed by atoms with van der Waals surface area (Å²) in [7, 11) is 6.89. The zero-order valence-corrected chi connectivity index (χ0v) is 15.0. The second-order valence-electron chi connectivity index (χ2n) is 5.93. The maximum Gasteiger partial charge on any atom is 0.354 e. The number of ether oxygens (including phenoxy) is 2. The lowest BCUT2D eigenvalue weighted by Crippen LogP contribution is -2.10. The third kappa shape index (κ3) is 2.95. The van der Waals surface area contributed by atoms with Gasteiger partial charge in [0, 0.05) is 42.9 Å². The lowest BCUT2D eigenvalue weighted by molar-refractivity contribution is 0.394. The van der Waals surface area contributed by atoms with Crippen LogP contribution in [0.4, 0.5) is 5.69 Å². The zero-order valence-electron chi connectivity index (χ0n) is 15.0. The molecule has 0 aliphatic carbocycles. The van der Waals surface area contributed by atoms with Gasteiger partial charge in [-0.15, -0.1) is 0 Å². The molecular formula is C20H18N2O4. The van der Waals surface area contributed by atoms with Gasteiger partial charge in [-0.05, 0) is 29.8 Å². The first kappa shape index (κ1) is 17.4. The van der Waals surface area contributed by atoms with Crippen molar-refractivity contribution in [2.24, 2.45) is 0 Å². The maximum atomic E-state index is 12.4. The van der Waals surface area contributed by atoms with Crippen molar-refractivity contribution in [1.29, 1.82) is 5.26 Å². The Bertz CT molecular complexity index is 1060. The molecule has 1 aromatic heterocycles. The van der Waals surface area contributed by atoms with Crippen LogP contribution in [0.1, 0.15) is 5.56 Å². The maximum absolute atomic E-state index is 12.4. The Morgan fingerprint density at radius 2 is 1.69 bits per heavy atom. The number of hydrogen-bond acceptors (Lipinski definition) is 6. The fourth-order valence-electron chi connectivity index (χ4n) is 2.82. The van der Waals surface area contributed by atoms with Crippen molar-refractivity contribution in [3.8, 4) is 28.7 Å². The van der Waals surface area contributed by atoms with Crippen LogP contribution in [0.5, 0.6) is 11.5 Å². The Hall–Kier alpha value is -3.46. The predicted molar refractivity (Wildman–Crippen MR) is 100 cm³/mol. The minimum absolute atomic E-state index is 0.0505. The van der Waals surface area contributed by atoms with E-state index in [1.54, 1.807) is 38.5 Å². The number of methoxy groups -OCH3 is 2. The standard InChI is InChI=1S/C20H18N2O4/c1-22(2)13-5-6-16-18(9-13)26-20(23)17(11-21)19(16)12-7-14(24-3)10-15(8-12)25-4/h5-10H,1-4H3. The molecule has 0 atom stereocenters. The van der Waals surface area contributed by atoms with Gasteiger partial charge in [0.25, 0.3) is 0 Å². The average Bonchev–Trinajstić information content (AvgIpc) is 2.65. The molecule has 6 heteroatoms. The molecule has 0 amide bonds.